The van der Waals surface area contributed by atoms with Crippen molar-refractivity contribution >= 4 is 29.2 Å². The molecule has 2 aliphatic heterocycles. The van der Waals surface area contributed by atoms with Gasteiger partial charge in [0.1, 0.15) is 5.78 Å². The number of rotatable bonds is 14. The van der Waals surface area contributed by atoms with E-state index in [9.17, 15) is 9.59 Å². The number of hydrogen-bond acceptors (Lipinski definition) is 6. The summed E-state index contributed by atoms with van der Waals surface area (Å²) in [6.07, 6.45) is 14.0. The molecule has 7 nitrogen and oxygen atoms in total. The fourth-order valence-electron chi connectivity index (χ4n) is 6.09. The monoisotopic (exact) mass is 670 g/mol. The highest BCUT2D eigenvalue weighted by Crippen LogP contribution is 2.38. The molecule has 0 aliphatic carbocycles. The van der Waals surface area contributed by atoms with Crippen molar-refractivity contribution in [1.29, 1.82) is 0 Å². The van der Waals surface area contributed by atoms with Gasteiger partial charge in [-0.1, -0.05) is 78.1 Å². The number of hydrogen-bond donors (Lipinski definition) is 1. The summed E-state index contributed by atoms with van der Waals surface area (Å²) in [5, 5.41) is 4.25. The second kappa shape index (κ2) is 21.5. The summed E-state index contributed by atoms with van der Waals surface area (Å²) in [5.41, 5.74) is 3.03. The third-order valence-corrected chi connectivity index (χ3v) is 9.60. The molecule has 1 saturated heterocycles. The van der Waals surface area contributed by atoms with Crippen LogP contribution in [0.4, 0.5) is 5.95 Å². The summed E-state index contributed by atoms with van der Waals surface area (Å²) in [4.78, 5) is 35.1. The Kier molecular flexibility index (Phi) is 18.6. The largest absolute Gasteiger partial charge is 0.381 e. The predicted molar refractivity (Wildman–Crippen MR) is 196 cm³/mol. The van der Waals surface area contributed by atoms with Crippen LogP contribution in [-0.4, -0.2) is 45.8 Å². The molecule has 2 aromatic rings. The molecule has 1 fully saturated rings. The quantitative estimate of drug-likeness (QED) is 0.215. The summed E-state index contributed by atoms with van der Waals surface area (Å²) >= 11 is 5.82. The van der Waals surface area contributed by atoms with E-state index in [0.717, 1.165) is 80.9 Å². The molecular weight excluding hydrogens is 608 g/mol. The topological polar surface area (TPSA) is 84.4 Å². The number of nitrogens with one attached hydrogen (secondary N) is 1. The number of nitrogens with zero attached hydrogens (tertiary/aromatic N) is 3. The Labute approximate surface area is 291 Å². The predicted octanol–water partition coefficient (Wildman–Crippen LogP) is 9.95. The van der Waals surface area contributed by atoms with E-state index in [2.05, 4.69) is 69.8 Å². The van der Waals surface area contributed by atoms with Crippen LogP contribution >= 0.6 is 11.6 Å². The van der Waals surface area contributed by atoms with Gasteiger partial charge in [-0.05, 0) is 88.8 Å². The van der Waals surface area contributed by atoms with Gasteiger partial charge in [0.05, 0.1) is 17.8 Å². The zero-order valence-electron chi connectivity index (χ0n) is 30.7. The van der Waals surface area contributed by atoms with Crippen LogP contribution in [0.3, 0.4) is 0 Å². The fraction of sp³-hybridized carbons (Fsp3) is 0.692. The smallest absolute Gasteiger partial charge is 0.223 e. The molecule has 0 bridgehead atoms. The summed E-state index contributed by atoms with van der Waals surface area (Å²) < 4.78 is 5.38. The van der Waals surface area contributed by atoms with E-state index >= 15 is 0 Å². The van der Waals surface area contributed by atoms with Crippen molar-refractivity contribution in [2.75, 3.05) is 18.5 Å². The second-order valence-electron chi connectivity index (χ2n) is 13.7. The van der Waals surface area contributed by atoms with E-state index in [0.29, 0.717) is 42.6 Å². The standard InChI is InChI=1S/C17H26N4O2.C12H24O.C10H13Cl/c1-4-5-15(22)21-11-14-13(17(21,2)3)10-18-16(20-14)19-12-6-8-23-9-7-12;1-5-8-12(13)11(7-3)9-10(4)6-2;1-2-3-5-9-6-4-7-10(11)8-9/h10,12H,4-9,11H2,1-3H3,(H,18,19,20);10-11H,5-9H2,1-4H3;4,6-8H,2-3,5H2,1H3. The van der Waals surface area contributed by atoms with Gasteiger partial charge in [-0.25, -0.2) is 9.97 Å². The van der Waals surface area contributed by atoms with Gasteiger partial charge in [0.25, 0.3) is 0 Å². The number of ketones is 1. The summed E-state index contributed by atoms with van der Waals surface area (Å²) in [6, 6.07) is 8.46. The molecule has 3 heterocycles. The lowest BCUT2D eigenvalue weighted by molar-refractivity contribution is -0.136. The maximum atomic E-state index is 12.4. The third-order valence-electron chi connectivity index (χ3n) is 9.37. The zero-order chi connectivity index (χ0) is 34.8. The maximum Gasteiger partial charge on any atom is 0.223 e. The number of anilines is 1. The van der Waals surface area contributed by atoms with Crippen LogP contribution in [0.2, 0.25) is 5.02 Å². The first kappa shape index (κ1) is 40.7. The number of halogens is 1. The van der Waals surface area contributed by atoms with E-state index in [1.54, 1.807) is 0 Å². The van der Waals surface area contributed by atoms with Crippen molar-refractivity contribution in [2.45, 2.75) is 151 Å². The Morgan fingerprint density at radius 2 is 1.74 bits per heavy atom. The molecule has 1 aromatic carbocycles. The number of amides is 1. The van der Waals surface area contributed by atoms with Gasteiger partial charge in [-0.3, -0.25) is 9.59 Å². The first-order valence-corrected chi connectivity index (χ1v) is 18.7. The van der Waals surface area contributed by atoms with Crippen molar-refractivity contribution in [3.8, 4) is 0 Å². The Bertz CT molecular complexity index is 1210. The van der Waals surface area contributed by atoms with Gasteiger partial charge in [0.15, 0.2) is 0 Å². The van der Waals surface area contributed by atoms with E-state index in [1.165, 1.54) is 24.8 Å². The van der Waals surface area contributed by atoms with Gasteiger partial charge >= 0.3 is 0 Å². The maximum absolute atomic E-state index is 12.4. The minimum Gasteiger partial charge on any atom is -0.381 e. The van der Waals surface area contributed by atoms with E-state index in [4.69, 9.17) is 16.3 Å². The number of carbonyl (C=O) groups is 2. The summed E-state index contributed by atoms with van der Waals surface area (Å²) in [7, 11) is 0. The number of aryl methyl sites for hydroxylation is 1. The third kappa shape index (κ3) is 13.5. The molecule has 2 aliphatic rings. The van der Waals surface area contributed by atoms with Crippen LogP contribution in [0.1, 0.15) is 143 Å². The average molecular weight is 671 g/mol. The number of aromatic nitrogens is 2. The second-order valence-corrected chi connectivity index (χ2v) is 14.1. The van der Waals surface area contributed by atoms with Crippen LogP contribution in [0.25, 0.3) is 0 Å². The molecule has 1 N–H and O–H groups in total. The minimum atomic E-state index is -0.335. The molecule has 0 saturated carbocycles. The van der Waals surface area contributed by atoms with Crippen LogP contribution < -0.4 is 5.32 Å². The molecule has 8 heteroatoms. The van der Waals surface area contributed by atoms with E-state index in [1.807, 2.05) is 36.2 Å². The number of ether oxygens (including phenoxy) is 1. The van der Waals surface area contributed by atoms with Crippen LogP contribution in [0, 0.1) is 11.8 Å². The molecule has 47 heavy (non-hydrogen) atoms. The lowest BCUT2D eigenvalue weighted by atomic mass is 9.87. The van der Waals surface area contributed by atoms with Crippen molar-refractivity contribution in [1.82, 2.24) is 14.9 Å². The lowest BCUT2D eigenvalue weighted by Gasteiger charge is -2.32. The van der Waals surface area contributed by atoms with Crippen molar-refractivity contribution in [2.24, 2.45) is 11.8 Å². The summed E-state index contributed by atoms with van der Waals surface area (Å²) in [5.74, 6) is 2.36. The number of unbranched alkanes of at least 4 members (excludes halogenated alkanes) is 1. The molecule has 4 rings (SSSR count). The molecule has 264 valence electrons. The molecule has 0 spiro atoms. The highest BCUT2D eigenvalue weighted by molar-refractivity contribution is 6.30. The molecule has 2 atom stereocenters. The number of carbonyl (C=O) groups excluding carboxylic acids is 2. The van der Waals surface area contributed by atoms with Gasteiger partial charge in [0, 0.05) is 54.8 Å². The lowest BCUT2D eigenvalue weighted by Crippen LogP contribution is -2.40. The van der Waals surface area contributed by atoms with Crippen LogP contribution in [0.5, 0.6) is 0 Å². The fourth-order valence-corrected chi connectivity index (χ4v) is 6.30. The molecule has 0 radical (unpaired) electrons. The Balaban J connectivity index is 0.000000272. The van der Waals surface area contributed by atoms with Crippen LogP contribution in [-0.2, 0) is 32.8 Å². The van der Waals surface area contributed by atoms with E-state index in [-0.39, 0.29) is 11.4 Å². The van der Waals surface area contributed by atoms with Crippen LogP contribution in [0.15, 0.2) is 30.5 Å². The molecule has 1 aromatic heterocycles. The van der Waals surface area contributed by atoms with Gasteiger partial charge in [0.2, 0.25) is 11.9 Å². The van der Waals surface area contributed by atoms with Crippen molar-refractivity contribution < 1.29 is 14.3 Å². The van der Waals surface area contributed by atoms with Crippen molar-refractivity contribution in [3.05, 3.63) is 52.3 Å². The Morgan fingerprint density at radius 3 is 2.34 bits per heavy atom. The zero-order valence-corrected chi connectivity index (χ0v) is 31.4. The highest BCUT2D eigenvalue weighted by Gasteiger charge is 2.41. The number of fused-ring (bicyclic) bond motifs is 1. The first-order valence-electron chi connectivity index (χ1n) is 18.3. The number of Topliss-reactive ketones (excluding diaryl/α,β-unsaturated/α-hetero) is 1. The molecular formula is C39H63ClN4O3. The average Bonchev–Trinajstić information content (AvgIpc) is 3.33. The van der Waals surface area contributed by atoms with Gasteiger partial charge in [-0.2, -0.15) is 0 Å². The number of benzene rings is 1. The Hall–Kier alpha value is -2.51. The highest BCUT2D eigenvalue weighted by atomic mass is 35.5. The van der Waals surface area contributed by atoms with E-state index < -0.39 is 0 Å². The van der Waals surface area contributed by atoms with Gasteiger partial charge in [-0.15, -0.1) is 0 Å². The normalized spacial score (nSPS) is 16.6. The first-order chi connectivity index (χ1) is 22.5. The van der Waals surface area contributed by atoms with Gasteiger partial charge < -0.3 is 15.0 Å². The minimum absolute atomic E-state index is 0.189. The summed E-state index contributed by atoms with van der Waals surface area (Å²) in [6.45, 7) is 19.2. The SMILES string of the molecule is CCCC(=O)C(CC)CC(C)CC.CCCC(=O)N1Cc2nc(NC3CCOCC3)ncc2C1(C)C.CCCCc1cccc(Cl)c1. The molecule has 2 unspecified atom stereocenters. The molecule has 1 amide bonds. The Morgan fingerprint density at radius 1 is 1.04 bits per heavy atom. The van der Waals surface area contributed by atoms with Crippen molar-refractivity contribution in [3.63, 3.8) is 0 Å².